The van der Waals surface area contributed by atoms with E-state index in [0.717, 1.165) is 38.5 Å². The van der Waals surface area contributed by atoms with Gasteiger partial charge in [0.1, 0.15) is 0 Å². The predicted molar refractivity (Wildman–Crippen MR) is 102 cm³/mol. The lowest BCUT2D eigenvalue weighted by Gasteiger charge is -2.28. The van der Waals surface area contributed by atoms with Crippen LogP contribution in [0, 0.1) is 11.3 Å². The van der Waals surface area contributed by atoms with E-state index in [1.54, 1.807) is 13.8 Å². The number of rotatable bonds is 13. The van der Waals surface area contributed by atoms with Crippen molar-refractivity contribution in [2.45, 2.75) is 73.1 Å². The minimum atomic E-state index is -0.307. The minimum Gasteiger partial charge on any atom is -0.462 e. The Kier molecular flexibility index (Phi) is 11.1. The maximum Gasteiger partial charge on any atom is 0.333 e. The first-order valence-corrected chi connectivity index (χ1v) is 9.20. The zero-order valence-electron chi connectivity index (χ0n) is 16.8. The third-order valence-electron chi connectivity index (χ3n) is 4.15. The van der Waals surface area contributed by atoms with Crippen molar-refractivity contribution in [2.24, 2.45) is 11.3 Å². The molecule has 1 atom stereocenters. The van der Waals surface area contributed by atoms with Gasteiger partial charge in [-0.25, -0.2) is 9.59 Å². The summed E-state index contributed by atoms with van der Waals surface area (Å²) in [5.74, 6) is 0.00450. The summed E-state index contributed by atoms with van der Waals surface area (Å²) in [4.78, 5) is 22.6. The van der Waals surface area contributed by atoms with Crippen LogP contribution in [0.2, 0.25) is 0 Å². The van der Waals surface area contributed by atoms with Crippen molar-refractivity contribution in [3.63, 3.8) is 0 Å². The Morgan fingerprint density at radius 3 is 1.88 bits per heavy atom. The van der Waals surface area contributed by atoms with Gasteiger partial charge in [0.05, 0.1) is 13.2 Å². The average Bonchev–Trinajstić information content (AvgIpc) is 2.49. The molecule has 0 aromatic carbocycles. The predicted octanol–water partition coefficient (Wildman–Crippen LogP) is 5.23. The zero-order valence-corrected chi connectivity index (χ0v) is 16.8. The van der Waals surface area contributed by atoms with Gasteiger partial charge in [0, 0.05) is 11.1 Å². The van der Waals surface area contributed by atoms with E-state index >= 15 is 0 Å². The van der Waals surface area contributed by atoms with Crippen molar-refractivity contribution in [2.75, 3.05) is 13.2 Å². The largest absolute Gasteiger partial charge is 0.462 e. The van der Waals surface area contributed by atoms with Crippen molar-refractivity contribution < 1.29 is 19.1 Å². The highest BCUT2D eigenvalue weighted by Gasteiger charge is 2.21. The van der Waals surface area contributed by atoms with E-state index in [1.807, 2.05) is 0 Å². The SMILES string of the molecule is C=C(C)C(=O)OCCCCC(C)CC(C)(C)CCCOC(=O)C(=C)C. The Morgan fingerprint density at radius 1 is 0.920 bits per heavy atom. The van der Waals surface area contributed by atoms with Crippen molar-refractivity contribution >= 4 is 11.9 Å². The lowest BCUT2D eigenvalue weighted by atomic mass is 9.78. The van der Waals surface area contributed by atoms with Gasteiger partial charge in [-0.2, -0.15) is 0 Å². The van der Waals surface area contributed by atoms with Crippen LogP contribution < -0.4 is 0 Å². The maximum atomic E-state index is 11.3. The quantitative estimate of drug-likeness (QED) is 0.259. The molecule has 0 spiro atoms. The van der Waals surface area contributed by atoms with Crippen LogP contribution in [-0.2, 0) is 19.1 Å². The second-order valence-corrected chi connectivity index (χ2v) is 7.91. The van der Waals surface area contributed by atoms with E-state index in [0.29, 0.717) is 30.3 Å². The Balaban J connectivity index is 3.85. The molecular formula is C21H36O4. The monoisotopic (exact) mass is 352 g/mol. The highest BCUT2D eigenvalue weighted by atomic mass is 16.5. The minimum absolute atomic E-state index is 0.224. The molecule has 0 aliphatic carbocycles. The first-order chi connectivity index (χ1) is 11.5. The van der Waals surface area contributed by atoms with Gasteiger partial charge in [-0.3, -0.25) is 0 Å². The summed E-state index contributed by atoms with van der Waals surface area (Å²) >= 11 is 0. The van der Waals surface area contributed by atoms with Crippen LogP contribution in [-0.4, -0.2) is 25.2 Å². The molecule has 0 aromatic rings. The summed E-state index contributed by atoms with van der Waals surface area (Å²) in [5, 5.41) is 0. The molecule has 0 saturated heterocycles. The summed E-state index contributed by atoms with van der Waals surface area (Å²) in [6, 6.07) is 0. The van der Waals surface area contributed by atoms with Crippen LogP contribution in [0.4, 0.5) is 0 Å². The van der Waals surface area contributed by atoms with Gasteiger partial charge in [-0.15, -0.1) is 0 Å². The normalized spacial score (nSPS) is 12.4. The molecule has 1 unspecified atom stereocenters. The van der Waals surface area contributed by atoms with E-state index in [9.17, 15) is 9.59 Å². The Bertz CT molecular complexity index is 463. The van der Waals surface area contributed by atoms with Crippen LogP contribution in [0.25, 0.3) is 0 Å². The molecule has 25 heavy (non-hydrogen) atoms. The van der Waals surface area contributed by atoms with Gasteiger partial charge in [0.2, 0.25) is 0 Å². The lowest BCUT2D eigenvalue weighted by Crippen LogP contribution is -2.17. The first kappa shape index (κ1) is 23.4. The van der Waals surface area contributed by atoms with E-state index in [-0.39, 0.29) is 17.4 Å². The third-order valence-corrected chi connectivity index (χ3v) is 4.15. The van der Waals surface area contributed by atoms with Gasteiger partial charge >= 0.3 is 11.9 Å². The van der Waals surface area contributed by atoms with Gasteiger partial charge < -0.3 is 9.47 Å². The molecule has 0 aliphatic rings. The molecule has 0 fully saturated rings. The van der Waals surface area contributed by atoms with Crippen LogP contribution in [0.3, 0.4) is 0 Å². The average molecular weight is 353 g/mol. The number of hydrogen-bond acceptors (Lipinski definition) is 4. The number of carbonyl (C=O) groups is 2. The summed E-state index contributed by atoms with van der Waals surface area (Å²) in [6.07, 6.45) is 6.09. The summed E-state index contributed by atoms with van der Waals surface area (Å²) in [5.41, 5.74) is 1.12. The maximum absolute atomic E-state index is 11.3. The van der Waals surface area contributed by atoms with Gasteiger partial charge in [-0.05, 0) is 57.3 Å². The standard InChI is InChI=1S/C21H36O4/c1-16(2)19(22)24-13-9-8-11-18(5)15-21(6,7)12-10-14-25-20(23)17(3)4/h18H,1,3,8-15H2,2,4-7H3. The van der Waals surface area contributed by atoms with Gasteiger partial charge in [0.15, 0.2) is 0 Å². The molecule has 0 amide bonds. The molecule has 0 saturated carbocycles. The highest BCUT2D eigenvalue weighted by Crippen LogP contribution is 2.32. The highest BCUT2D eigenvalue weighted by molar-refractivity contribution is 5.87. The molecule has 0 bridgehead atoms. The molecule has 0 aromatic heterocycles. The van der Waals surface area contributed by atoms with Crippen LogP contribution >= 0.6 is 0 Å². The fraction of sp³-hybridized carbons (Fsp3) is 0.714. The second kappa shape index (κ2) is 11.9. The fourth-order valence-electron chi connectivity index (χ4n) is 2.87. The molecular weight excluding hydrogens is 316 g/mol. The molecule has 0 N–H and O–H groups in total. The summed E-state index contributed by atoms with van der Waals surface area (Å²) in [6.45, 7) is 18.2. The summed E-state index contributed by atoms with van der Waals surface area (Å²) < 4.78 is 10.2. The fourth-order valence-corrected chi connectivity index (χ4v) is 2.87. The van der Waals surface area contributed by atoms with Crippen LogP contribution in [0.1, 0.15) is 73.1 Å². The van der Waals surface area contributed by atoms with Crippen molar-refractivity contribution in [3.05, 3.63) is 24.3 Å². The smallest absolute Gasteiger partial charge is 0.333 e. The third kappa shape index (κ3) is 12.4. The number of hydrogen-bond donors (Lipinski definition) is 0. The molecule has 0 heterocycles. The van der Waals surface area contributed by atoms with Crippen LogP contribution in [0.5, 0.6) is 0 Å². The van der Waals surface area contributed by atoms with Gasteiger partial charge in [-0.1, -0.05) is 40.3 Å². The topological polar surface area (TPSA) is 52.6 Å². The van der Waals surface area contributed by atoms with E-state index in [1.165, 1.54) is 0 Å². The Morgan fingerprint density at radius 2 is 1.40 bits per heavy atom. The molecule has 0 aliphatic heterocycles. The number of unbranched alkanes of at least 4 members (excludes halogenated alkanes) is 1. The van der Waals surface area contributed by atoms with Crippen molar-refractivity contribution in [3.8, 4) is 0 Å². The molecule has 4 nitrogen and oxygen atoms in total. The Labute approximate surface area is 153 Å². The molecule has 0 radical (unpaired) electrons. The summed E-state index contributed by atoms with van der Waals surface area (Å²) in [7, 11) is 0. The van der Waals surface area contributed by atoms with Crippen LogP contribution in [0.15, 0.2) is 24.3 Å². The lowest BCUT2D eigenvalue weighted by molar-refractivity contribution is -0.140. The molecule has 4 heteroatoms. The second-order valence-electron chi connectivity index (χ2n) is 7.91. The molecule has 0 rings (SSSR count). The van der Waals surface area contributed by atoms with E-state index < -0.39 is 0 Å². The van der Waals surface area contributed by atoms with Gasteiger partial charge in [0.25, 0.3) is 0 Å². The zero-order chi connectivity index (χ0) is 19.5. The van der Waals surface area contributed by atoms with Crippen molar-refractivity contribution in [1.82, 2.24) is 0 Å². The van der Waals surface area contributed by atoms with Crippen molar-refractivity contribution in [1.29, 1.82) is 0 Å². The number of esters is 2. The molecule has 144 valence electrons. The number of carbonyl (C=O) groups excluding carboxylic acids is 2. The first-order valence-electron chi connectivity index (χ1n) is 9.20. The van der Waals surface area contributed by atoms with E-state index in [4.69, 9.17) is 9.47 Å². The Hall–Kier alpha value is -1.58. The number of ether oxygens (including phenoxy) is 2. The van der Waals surface area contributed by atoms with E-state index in [2.05, 4.69) is 33.9 Å².